The van der Waals surface area contributed by atoms with Gasteiger partial charge in [0.05, 0.1) is 35.1 Å². The van der Waals surface area contributed by atoms with Gasteiger partial charge in [0.1, 0.15) is 17.8 Å². The van der Waals surface area contributed by atoms with Gasteiger partial charge in [-0.05, 0) is 40.8 Å². The number of rotatable bonds is 4. The van der Waals surface area contributed by atoms with E-state index in [0.717, 1.165) is 10.8 Å². The largest absolute Gasteiger partial charge is 0.505 e. The third kappa shape index (κ3) is 4.16. The molecule has 0 radical (unpaired) electrons. The Kier molecular flexibility index (Phi) is 7.75. The molecule has 0 heterocycles. The summed E-state index contributed by atoms with van der Waals surface area (Å²) in [6.07, 6.45) is -5.53. The summed E-state index contributed by atoms with van der Waals surface area (Å²) in [5, 5.41) is 66.5. The number of ketones is 2. The first-order valence-electron chi connectivity index (χ1n) is 16.0. The number of Topliss-reactive ketones (excluding diaryl/α,β-unsaturated/α-hetero) is 2. The van der Waals surface area contributed by atoms with Crippen molar-refractivity contribution in [3.8, 4) is 5.75 Å². The molecule has 0 aromatic heterocycles. The molecular weight excluding hydrogens is 618 g/mol. The average Bonchev–Trinajstić information content (AvgIpc) is 3.02. The van der Waals surface area contributed by atoms with Gasteiger partial charge in [-0.2, -0.15) is 0 Å². The predicted molar refractivity (Wildman–Crippen MR) is 176 cm³/mol. The standard InChI is InChI=1S/C36H41N3O9/c1-15(2)24-28(42)23(31(37)45)29(43)36(48)30(44)25-27(41)22-18(16(3)34(25,4)32(46)35(24,36)5)13-14-21(26(22)40)39-33(47)38-20-12-8-10-17-9-6-7-11-19(17)20/h6-16,23-25,28,30,32,40,42,44,46,48H,1-5H3,(H2,37,45)(H2,38,39,47)/t16-,23-,24+,25-,28?,30?,32-,34+,35+,36+/m1/s1. The zero-order chi connectivity index (χ0) is 35.2. The van der Waals surface area contributed by atoms with Gasteiger partial charge in [-0.1, -0.05) is 77.1 Å². The van der Waals surface area contributed by atoms with Crippen LogP contribution in [0, 0.1) is 34.5 Å². The fourth-order valence-corrected chi connectivity index (χ4v) is 9.47. The number of aliphatic hydroxyl groups excluding tert-OH is 3. The highest BCUT2D eigenvalue weighted by Crippen LogP contribution is 2.68. The SMILES string of the molecule is CC(C)[C@H]1C(O)[C@@H](C(N)=O)C(=O)[C@]2(O)C(O)[C@H]3C(=O)c4c(ccc(NC(=O)Nc5cccc6ccccc56)c4O)[C@@H](C)[C@]3(C)[C@@H](O)[C@]12C. The topological polar surface area (TPSA) is 220 Å². The maximum atomic E-state index is 14.5. The average molecular weight is 660 g/mol. The van der Waals surface area contributed by atoms with E-state index >= 15 is 0 Å². The van der Waals surface area contributed by atoms with E-state index in [1.54, 1.807) is 45.9 Å². The lowest BCUT2D eigenvalue weighted by atomic mass is 9.36. The number of carbonyl (C=O) groups is 4. The monoisotopic (exact) mass is 659 g/mol. The Morgan fingerprint density at radius 2 is 1.54 bits per heavy atom. The molecule has 3 aliphatic carbocycles. The van der Waals surface area contributed by atoms with Crippen LogP contribution in [0.25, 0.3) is 10.8 Å². The number of nitrogens with one attached hydrogen (secondary N) is 2. The Labute approximate surface area is 277 Å². The second-order valence-corrected chi connectivity index (χ2v) is 14.4. The zero-order valence-electron chi connectivity index (χ0n) is 27.3. The number of anilines is 2. The lowest BCUT2D eigenvalue weighted by Crippen LogP contribution is -2.83. The quantitative estimate of drug-likeness (QED) is 0.152. The summed E-state index contributed by atoms with van der Waals surface area (Å²) < 4.78 is 0. The van der Waals surface area contributed by atoms with Gasteiger partial charge in [-0.25, -0.2) is 4.79 Å². The van der Waals surface area contributed by atoms with E-state index in [1.807, 2.05) is 30.3 Å². The maximum absolute atomic E-state index is 14.5. The number of hydrogen-bond donors (Lipinski definition) is 8. The van der Waals surface area contributed by atoms with Crippen LogP contribution >= 0.6 is 0 Å². The van der Waals surface area contributed by atoms with Crippen molar-refractivity contribution in [2.75, 3.05) is 10.6 Å². The van der Waals surface area contributed by atoms with Gasteiger partial charge >= 0.3 is 6.03 Å². The van der Waals surface area contributed by atoms with Gasteiger partial charge in [-0.3, -0.25) is 14.4 Å². The van der Waals surface area contributed by atoms with Crippen LogP contribution in [0.4, 0.5) is 16.2 Å². The number of benzene rings is 3. The Morgan fingerprint density at radius 3 is 2.19 bits per heavy atom. The number of aromatic hydroxyl groups is 1. The fraction of sp³-hybridized carbons (Fsp3) is 0.444. The Hall–Kier alpha value is -4.36. The summed E-state index contributed by atoms with van der Waals surface area (Å²) in [4.78, 5) is 54.0. The highest BCUT2D eigenvalue weighted by molar-refractivity contribution is 6.11. The molecule has 3 aromatic rings. The molecule has 6 rings (SSSR count). The minimum atomic E-state index is -2.89. The summed E-state index contributed by atoms with van der Waals surface area (Å²) >= 11 is 0. The van der Waals surface area contributed by atoms with Gasteiger partial charge in [0.2, 0.25) is 5.91 Å². The van der Waals surface area contributed by atoms with Crippen molar-refractivity contribution >= 4 is 45.7 Å². The van der Waals surface area contributed by atoms with E-state index in [2.05, 4.69) is 10.6 Å². The summed E-state index contributed by atoms with van der Waals surface area (Å²) in [6.45, 7) is 8.02. The van der Waals surface area contributed by atoms with E-state index in [-0.39, 0.29) is 11.3 Å². The van der Waals surface area contributed by atoms with Crippen molar-refractivity contribution in [2.45, 2.75) is 64.4 Å². The van der Waals surface area contributed by atoms with Crippen molar-refractivity contribution in [2.24, 2.45) is 40.2 Å². The molecule has 3 amide bonds. The molecule has 0 saturated heterocycles. The third-order valence-corrected chi connectivity index (χ3v) is 11.9. The van der Waals surface area contributed by atoms with E-state index in [0.29, 0.717) is 11.3 Å². The molecule has 12 heteroatoms. The molecule has 12 nitrogen and oxygen atoms in total. The molecule has 3 aromatic carbocycles. The second-order valence-electron chi connectivity index (χ2n) is 14.4. The fourth-order valence-electron chi connectivity index (χ4n) is 9.47. The normalized spacial score (nSPS) is 35.8. The van der Waals surface area contributed by atoms with Crippen LogP contribution in [-0.2, 0) is 9.59 Å². The van der Waals surface area contributed by atoms with Crippen LogP contribution in [0.3, 0.4) is 0 Å². The van der Waals surface area contributed by atoms with Crippen LogP contribution in [0.2, 0.25) is 0 Å². The number of carbonyl (C=O) groups excluding carboxylic acids is 4. The Balaban J connectivity index is 1.43. The lowest BCUT2D eigenvalue weighted by Gasteiger charge is -2.69. The number of urea groups is 1. The molecule has 254 valence electrons. The van der Waals surface area contributed by atoms with Crippen LogP contribution in [0.5, 0.6) is 5.75 Å². The number of phenolic OH excluding ortho intramolecular Hbond substituents is 1. The van der Waals surface area contributed by atoms with Crippen molar-refractivity contribution < 1.29 is 44.7 Å². The third-order valence-electron chi connectivity index (χ3n) is 11.9. The predicted octanol–water partition coefficient (Wildman–Crippen LogP) is 2.90. The smallest absolute Gasteiger partial charge is 0.323 e. The minimum absolute atomic E-state index is 0.115. The number of hydrogen-bond acceptors (Lipinski definition) is 9. The van der Waals surface area contributed by atoms with Crippen molar-refractivity contribution in [3.05, 3.63) is 65.7 Å². The van der Waals surface area contributed by atoms with Crippen molar-refractivity contribution in [1.29, 1.82) is 0 Å². The Morgan fingerprint density at radius 1 is 0.917 bits per heavy atom. The summed E-state index contributed by atoms with van der Waals surface area (Å²) in [5.74, 6) is -9.93. The molecule has 2 fully saturated rings. The summed E-state index contributed by atoms with van der Waals surface area (Å²) in [5.41, 5.74) is -0.383. The van der Waals surface area contributed by atoms with Gasteiger partial charge in [0, 0.05) is 16.2 Å². The molecule has 2 unspecified atom stereocenters. The second kappa shape index (κ2) is 11.1. The van der Waals surface area contributed by atoms with Crippen molar-refractivity contribution in [1.82, 2.24) is 0 Å². The molecule has 3 aliphatic rings. The molecule has 10 atom stereocenters. The molecular formula is C36H41N3O9. The molecule has 2 saturated carbocycles. The highest BCUT2D eigenvalue weighted by atomic mass is 16.4. The van der Waals surface area contributed by atoms with Crippen LogP contribution in [0.1, 0.15) is 56.5 Å². The van der Waals surface area contributed by atoms with Crippen LogP contribution in [0.15, 0.2) is 54.6 Å². The minimum Gasteiger partial charge on any atom is -0.505 e. The van der Waals surface area contributed by atoms with Gasteiger partial charge in [-0.15, -0.1) is 0 Å². The number of aliphatic hydroxyl groups is 4. The van der Waals surface area contributed by atoms with E-state index < -0.39 is 93.6 Å². The van der Waals surface area contributed by atoms with Gasteiger partial charge in [0.15, 0.2) is 17.2 Å². The van der Waals surface area contributed by atoms with E-state index in [4.69, 9.17) is 5.73 Å². The van der Waals surface area contributed by atoms with Crippen LogP contribution in [-0.4, -0.2) is 73.0 Å². The number of nitrogens with two attached hydrogens (primary N) is 1. The molecule has 9 N–H and O–H groups in total. The number of phenols is 1. The lowest BCUT2D eigenvalue weighted by molar-refractivity contribution is -0.306. The number of primary amides is 1. The van der Waals surface area contributed by atoms with E-state index in [1.165, 1.54) is 13.0 Å². The van der Waals surface area contributed by atoms with E-state index in [9.17, 15) is 44.7 Å². The molecule has 48 heavy (non-hydrogen) atoms. The first-order chi connectivity index (χ1) is 22.4. The summed E-state index contributed by atoms with van der Waals surface area (Å²) in [7, 11) is 0. The molecule has 0 bridgehead atoms. The van der Waals surface area contributed by atoms with Gasteiger partial charge in [0.25, 0.3) is 0 Å². The summed E-state index contributed by atoms with van der Waals surface area (Å²) in [6, 6.07) is 15.1. The number of amides is 3. The first-order valence-corrected chi connectivity index (χ1v) is 16.0. The number of fused-ring (bicyclic) bond motifs is 4. The first kappa shape index (κ1) is 33.5. The Bertz CT molecular complexity index is 1870. The van der Waals surface area contributed by atoms with Crippen LogP contribution < -0.4 is 16.4 Å². The molecule has 0 aliphatic heterocycles. The van der Waals surface area contributed by atoms with Gasteiger partial charge < -0.3 is 41.9 Å². The van der Waals surface area contributed by atoms with Crippen molar-refractivity contribution in [3.63, 3.8) is 0 Å². The highest BCUT2D eigenvalue weighted by Gasteiger charge is 2.80. The maximum Gasteiger partial charge on any atom is 0.323 e. The zero-order valence-corrected chi connectivity index (χ0v) is 27.3. The molecule has 0 spiro atoms.